The highest BCUT2D eigenvalue weighted by Gasteiger charge is 2.30. The van der Waals surface area contributed by atoms with E-state index in [2.05, 4.69) is 15.9 Å². The SMILES string of the molecule is O=C(O)c1cc(N2CC(CCl)CC2=O)ccc1Br. The summed E-state index contributed by atoms with van der Waals surface area (Å²) in [5.74, 6) is -0.468. The molecule has 6 heteroatoms. The third-order valence-electron chi connectivity index (χ3n) is 2.92. The predicted molar refractivity (Wildman–Crippen MR) is 72.3 cm³/mol. The monoisotopic (exact) mass is 331 g/mol. The molecular weight excluding hydrogens is 321 g/mol. The summed E-state index contributed by atoms with van der Waals surface area (Å²) in [5, 5.41) is 9.04. The Kier molecular flexibility index (Phi) is 3.92. The molecule has 0 bridgehead atoms. The average Bonchev–Trinajstić information content (AvgIpc) is 2.71. The lowest BCUT2D eigenvalue weighted by Gasteiger charge is -2.17. The molecular formula is C12H11BrClNO3. The van der Waals surface area contributed by atoms with Crippen molar-refractivity contribution in [3.8, 4) is 0 Å². The van der Waals surface area contributed by atoms with Crippen LogP contribution in [-0.4, -0.2) is 29.4 Å². The van der Waals surface area contributed by atoms with Crippen LogP contribution in [0.15, 0.2) is 22.7 Å². The van der Waals surface area contributed by atoms with Gasteiger partial charge in [-0.2, -0.15) is 0 Å². The summed E-state index contributed by atoms with van der Waals surface area (Å²) in [6.07, 6.45) is 0.419. The summed E-state index contributed by atoms with van der Waals surface area (Å²) < 4.78 is 0.499. The molecule has 1 amide bonds. The molecule has 0 aliphatic carbocycles. The minimum absolute atomic E-state index is 0.0145. The van der Waals surface area contributed by atoms with E-state index in [0.717, 1.165) is 0 Å². The number of aromatic carboxylic acids is 1. The first kappa shape index (κ1) is 13.4. The van der Waals surface area contributed by atoms with Crippen molar-refractivity contribution in [1.82, 2.24) is 0 Å². The average molecular weight is 333 g/mol. The van der Waals surface area contributed by atoms with Crippen molar-refractivity contribution in [3.63, 3.8) is 0 Å². The molecule has 2 rings (SSSR count). The van der Waals surface area contributed by atoms with Gasteiger partial charge in [0.05, 0.1) is 5.56 Å². The van der Waals surface area contributed by atoms with E-state index in [9.17, 15) is 9.59 Å². The summed E-state index contributed by atoms with van der Waals surface area (Å²) in [4.78, 5) is 24.4. The molecule has 1 atom stereocenters. The van der Waals surface area contributed by atoms with Crippen LogP contribution in [0.25, 0.3) is 0 Å². The molecule has 1 saturated heterocycles. The zero-order valence-corrected chi connectivity index (χ0v) is 11.7. The van der Waals surface area contributed by atoms with Gasteiger partial charge in [-0.3, -0.25) is 4.79 Å². The molecule has 0 radical (unpaired) electrons. The van der Waals surface area contributed by atoms with Gasteiger partial charge in [-0.1, -0.05) is 0 Å². The van der Waals surface area contributed by atoms with E-state index in [4.69, 9.17) is 16.7 Å². The van der Waals surface area contributed by atoms with Crippen molar-refractivity contribution in [2.24, 2.45) is 5.92 Å². The molecule has 1 aliphatic heterocycles. The quantitative estimate of drug-likeness (QED) is 0.866. The number of hydrogen-bond donors (Lipinski definition) is 1. The number of amides is 1. The number of rotatable bonds is 3. The Morgan fingerprint density at radius 3 is 2.83 bits per heavy atom. The first-order valence-electron chi connectivity index (χ1n) is 5.42. The topological polar surface area (TPSA) is 57.6 Å². The van der Waals surface area contributed by atoms with E-state index in [1.165, 1.54) is 6.07 Å². The second-order valence-corrected chi connectivity index (χ2v) is 5.36. The van der Waals surface area contributed by atoms with Gasteiger partial charge in [0.25, 0.3) is 0 Å². The Morgan fingerprint density at radius 1 is 1.56 bits per heavy atom. The molecule has 1 unspecified atom stereocenters. The van der Waals surface area contributed by atoms with Crippen molar-refractivity contribution in [1.29, 1.82) is 0 Å². The highest BCUT2D eigenvalue weighted by atomic mass is 79.9. The van der Waals surface area contributed by atoms with E-state index in [-0.39, 0.29) is 17.4 Å². The maximum atomic E-state index is 11.8. The minimum atomic E-state index is -1.02. The minimum Gasteiger partial charge on any atom is -0.478 e. The van der Waals surface area contributed by atoms with Gasteiger partial charge in [0, 0.05) is 29.0 Å². The van der Waals surface area contributed by atoms with Gasteiger partial charge in [0.15, 0.2) is 0 Å². The summed E-state index contributed by atoms with van der Waals surface area (Å²) in [5.41, 5.74) is 0.753. The number of carboxylic acid groups (broad SMARTS) is 1. The molecule has 96 valence electrons. The first-order valence-corrected chi connectivity index (χ1v) is 6.75. The predicted octanol–water partition coefficient (Wildman–Crippen LogP) is 2.74. The standard InChI is InChI=1S/C12H11BrClNO3/c13-10-2-1-8(4-9(10)12(17)18)15-6-7(5-14)3-11(15)16/h1-2,4,7H,3,5-6H2,(H,17,18). The van der Waals surface area contributed by atoms with E-state index in [1.54, 1.807) is 17.0 Å². The Balaban J connectivity index is 2.32. The smallest absolute Gasteiger partial charge is 0.336 e. The Hall–Kier alpha value is -1.07. The largest absolute Gasteiger partial charge is 0.478 e. The second-order valence-electron chi connectivity index (χ2n) is 4.20. The first-order chi connectivity index (χ1) is 8.52. The fraction of sp³-hybridized carbons (Fsp3) is 0.333. The third-order valence-corrected chi connectivity index (χ3v) is 4.04. The van der Waals surface area contributed by atoms with Crippen LogP contribution in [0.1, 0.15) is 16.8 Å². The summed E-state index contributed by atoms with van der Waals surface area (Å²) in [6.45, 7) is 0.545. The lowest BCUT2D eigenvalue weighted by atomic mass is 10.1. The molecule has 0 saturated carbocycles. The highest BCUT2D eigenvalue weighted by Crippen LogP contribution is 2.29. The van der Waals surface area contributed by atoms with Crippen molar-refractivity contribution < 1.29 is 14.7 Å². The van der Waals surface area contributed by atoms with E-state index in [1.807, 2.05) is 0 Å². The molecule has 0 spiro atoms. The van der Waals surface area contributed by atoms with Gasteiger partial charge < -0.3 is 10.0 Å². The number of carbonyl (C=O) groups excluding carboxylic acids is 1. The van der Waals surface area contributed by atoms with Crippen LogP contribution in [0.4, 0.5) is 5.69 Å². The van der Waals surface area contributed by atoms with Crippen LogP contribution >= 0.6 is 27.5 Å². The molecule has 1 N–H and O–H groups in total. The van der Waals surface area contributed by atoms with Crippen molar-refractivity contribution >= 4 is 45.1 Å². The van der Waals surface area contributed by atoms with E-state index in [0.29, 0.717) is 29.0 Å². The van der Waals surface area contributed by atoms with Gasteiger partial charge in [-0.15, -0.1) is 11.6 Å². The molecule has 1 aromatic rings. The lowest BCUT2D eigenvalue weighted by molar-refractivity contribution is -0.117. The van der Waals surface area contributed by atoms with Gasteiger partial charge in [-0.05, 0) is 40.0 Å². The van der Waals surface area contributed by atoms with E-state index >= 15 is 0 Å². The maximum absolute atomic E-state index is 11.8. The van der Waals surface area contributed by atoms with Crippen LogP contribution in [0.2, 0.25) is 0 Å². The fourth-order valence-corrected chi connectivity index (χ4v) is 2.60. The maximum Gasteiger partial charge on any atom is 0.336 e. The number of anilines is 1. The number of hydrogen-bond acceptors (Lipinski definition) is 2. The van der Waals surface area contributed by atoms with Crippen molar-refractivity contribution in [2.45, 2.75) is 6.42 Å². The van der Waals surface area contributed by atoms with Crippen molar-refractivity contribution in [2.75, 3.05) is 17.3 Å². The number of carbonyl (C=O) groups is 2. The molecule has 4 nitrogen and oxygen atoms in total. The number of nitrogens with zero attached hydrogens (tertiary/aromatic N) is 1. The highest BCUT2D eigenvalue weighted by molar-refractivity contribution is 9.10. The number of benzene rings is 1. The van der Waals surface area contributed by atoms with Crippen LogP contribution in [0.5, 0.6) is 0 Å². The van der Waals surface area contributed by atoms with Gasteiger partial charge in [-0.25, -0.2) is 4.79 Å². The molecule has 1 aliphatic rings. The summed E-state index contributed by atoms with van der Waals surface area (Å²) in [6, 6.07) is 4.87. The normalized spacial score (nSPS) is 19.3. The summed E-state index contributed by atoms with van der Waals surface area (Å²) >= 11 is 8.93. The van der Waals surface area contributed by atoms with Crippen LogP contribution < -0.4 is 4.90 Å². The van der Waals surface area contributed by atoms with Crippen LogP contribution in [0, 0.1) is 5.92 Å². The van der Waals surface area contributed by atoms with E-state index < -0.39 is 5.97 Å². The molecule has 1 aromatic carbocycles. The fourth-order valence-electron chi connectivity index (χ4n) is 1.98. The zero-order valence-electron chi connectivity index (χ0n) is 9.40. The van der Waals surface area contributed by atoms with Gasteiger partial charge in [0.2, 0.25) is 5.91 Å². The Morgan fingerprint density at radius 2 is 2.28 bits per heavy atom. The molecule has 1 fully saturated rings. The Labute approximate surface area is 118 Å². The number of halogens is 2. The van der Waals surface area contributed by atoms with Gasteiger partial charge >= 0.3 is 5.97 Å². The van der Waals surface area contributed by atoms with Gasteiger partial charge in [0.1, 0.15) is 0 Å². The molecule has 1 heterocycles. The van der Waals surface area contributed by atoms with Crippen molar-refractivity contribution in [3.05, 3.63) is 28.2 Å². The zero-order chi connectivity index (χ0) is 13.3. The molecule has 18 heavy (non-hydrogen) atoms. The number of alkyl halides is 1. The number of carboxylic acids is 1. The second kappa shape index (κ2) is 5.28. The lowest BCUT2D eigenvalue weighted by Crippen LogP contribution is -2.24. The molecule has 0 aromatic heterocycles. The Bertz CT molecular complexity index is 506. The summed E-state index contributed by atoms with van der Waals surface area (Å²) in [7, 11) is 0. The van der Waals surface area contributed by atoms with Crippen LogP contribution in [0.3, 0.4) is 0 Å². The van der Waals surface area contributed by atoms with Crippen LogP contribution in [-0.2, 0) is 4.79 Å². The third kappa shape index (κ3) is 2.52.